The van der Waals surface area contributed by atoms with Crippen LogP contribution >= 0.6 is 0 Å². The predicted octanol–water partition coefficient (Wildman–Crippen LogP) is 2.49. The second-order valence-electron chi connectivity index (χ2n) is 5.56. The second kappa shape index (κ2) is 6.18. The van der Waals surface area contributed by atoms with Crippen LogP contribution in [0.1, 0.15) is 31.7 Å². The van der Waals surface area contributed by atoms with E-state index >= 15 is 0 Å². The number of hydrogen-bond acceptors (Lipinski definition) is 3. The Labute approximate surface area is 116 Å². The Morgan fingerprint density at radius 2 is 2.16 bits per heavy atom. The molecule has 0 saturated carbocycles. The molecule has 1 aromatic rings. The average Bonchev–Trinajstić information content (AvgIpc) is 2.94. The van der Waals surface area contributed by atoms with Crippen molar-refractivity contribution in [2.75, 3.05) is 19.6 Å². The summed E-state index contributed by atoms with van der Waals surface area (Å²) in [5.41, 5.74) is 6.34. The minimum atomic E-state index is -0.856. The summed E-state index contributed by atoms with van der Waals surface area (Å²) in [5, 5.41) is 9.42. The zero-order valence-corrected chi connectivity index (χ0v) is 11.7. The van der Waals surface area contributed by atoms with E-state index in [-0.39, 0.29) is 0 Å². The van der Waals surface area contributed by atoms with Gasteiger partial charge in [-0.1, -0.05) is 43.7 Å². The lowest BCUT2D eigenvalue weighted by Gasteiger charge is -2.25. The second-order valence-corrected chi connectivity index (χ2v) is 5.56. The van der Waals surface area contributed by atoms with E-state index in [1.165, 1.54) is 12.8 Å². The van der Waals surface area contributed by atoms with Gasteiger partial charge in [0.05, 0.1) is 6.07 Å². The van der Waals surface area contributed by atoms with Crippen LogP contribution in [-0.4, -0.2) is 24.5 Å². The number of nitrogens with zero attached hydrogens (tertiary/aromatic N) is 2. The van der Waals surface area contributed by atoms with E-state index < -0.39 is 5.54 Å². The fourth-order valence-corrected chi connectivity index (χ4v) is 2.78. The Morgan fingerprint density at radius 3 is 2.74 bits per heavy atom. The van der Waals surface area contributed by atoms with Gasteiger partial charge in [0.1, 0.15) is 5.54 Å². The Kier molecular flexibility index (Phi) is 4.57. The fraction of sp³-hybridized carbons (Fsp3) is 0.562. The molecule has 0 amide bonds. The summed E-state index contributed by atoms with van der Waals surface area (Å²) in [6, 6.07) is 12.0. The lowest BCUT2D eigenvalue weighted by atomic mass is 9.89. The van der Waals surface area contributed by atoms with Gasteiger partial charge in [-0.25, -0.2) is 0 Å². The largest absolute Gasteiger partial charge is 0.310 e. The van der Waals surface area contributed by atoms with Crippen LogP contribution in [0, 0.1) is 17.2 Å². The van der Waals surface area contributed by atoms with Gasteiger partial charge in [-0.05, 0) is 30.9 Å². The number of benzene rings is 1. The zero-order chi connectivity index (χ0) is 13.7. The molecule has 1 heterocycles. The number of rotatable bonds is 5. The first-order valence-corrected chi connectivity index (χ1v) is 7.16. The van der Waals surface area contributed by atoms with Gasteiger partial charge < -0.3 is 10.6 Å². The molecule has 3 nitrogen and oxygen atoms in total. The maximum atomic E-state index is 9.42. The summed E-state index contributed by atoms with van der Waals surface area (Å²) in [5.74, 6) is 0.825. The van der Waals surface area contributed by atoms with Crippen molar-refractivity contribution in [3.8, 4) is 6.07 Å². The quantitative estimate of drug-likeness (QED) is 0.881. The molecule has 0 aromatic heterocycles. The maximum absolute atomic E-state index is 9.42. The molecule has 3 heteroatoms. The molecule has 1 aromatic carbocycles. The molecule has 2 N–H and O–H groups in total. The number of hydrogen-bond donors (Lipinski definition) is 1. The van der Waals surface area contributed by atoms with Crippen molar-refractivity contribution < 1.29 is 0 Å². The molecule has 1 saturated heterocycles. The Morgan fingerprint density at radius 1 is 1.42 bits per heavy atom. The van der Waals surface area contributed by atoms with Crippen LogP contribution in [0.5, 0.6) is 0 Å². The molecule has 1 aliphatic rings. The Hall–Kier alpha value is -1.37. The van der Waals surface area contributed by atoms with Gasteiger partial charge in [0.25, 0.3) is 0 Å². The molecule has 102 valence electrons. The molecule has 2 rings (SSSR count). The van der Waals surface area contributed by atoms with E-state index in [0.29, 0.717) is 6.42 Å². The summed E-state index contributed by atoms with van der Waals surface area (Å²) >= 11 is 0. The van der Waals surface area contributed by atoms with E-state index in [9.17, 15) is 5.26 Å². The maximum Gasteiger partial charge on any atom is 0.131 e. The Bertz CT molecular complexity index is 437. The molecule has 2 unspecified atom stereocenters. The summed E-state index contributed by atoms with van der Waals surface area (Å²) in [6.45, 7) is 5.47. The molecule has 19 heavy (non-hydrogen) atoms. The highest BCUT2D eigenvalue weighted by atomic mass is 15.1. The summed E-state index contributed by atoms with van der Waals surface area (Å²) in [4.78, 5) is 2.44. The van der Waals surface area contributed by atoms with Gasteiger partial charge in [0, 0.05) is 13.1 Å². The first-order chi connectivity index (χ1) is 9.18. The van der Waals surface area contributed by atoms with Crippen molar-refractivity contribution in [3.05, 3.63) is 35.9 Å². The normalized spacial score (nSPS) is 22.9. The molecule has 0 spiro atoms. The lowest BCUT2D eigenvalue weighted by Crippen LogP contribution is -2.39. The minimum absolute atomic E-state index is 0.698. The number of likely N-dealkylation sites (tertiary alicyclic amines) is 1. The Balaban J connectivity index is 1.95. The number of nitriles is 1. The van der Waals surface area contributed by atoms with Crippen molar-refractivity contribution in [2.45, 2.75) is 31.7 Å². The van der Waals surface area contributed by atoms with Crippen LogP contribution in [0.25, 0.3) is 0 Å². The summed E-state index contributed by atoms with van der Waals surface area (Å²) in [6.07, 6.45) is 3.23. The molecule has 0 aliphatic carbocycles. The molecule has 1 aliphatic heterocycles. The highest BCUT2D eigenvalue weighted by Crippen LogP contribution is 2.24. The summed E-state index contributed by atoms with van der Waals surface area (Å²) in [7, 11) is 0. The topological polar surface area (TPSA) is 53.0 Å². The summed E-state index contributed by atoms with van der Waals surface area (Å²) < 4.78 is 0. The van der Waals surface area contributed by atoms with Gasteiger partial charge in [-0.2, -0.15) is 5.26 Å². The van der Waals surface area contributed by atoms with Crippen molar-refractivity contribution in [1.82, 2.24) is 4.90 Å². The lowest BCUT2D eigenvalue weighted by molar-refractivity contribution is 0.293. The molecule has 2 atom stereocenters. The highest BCUT2D eigenvalue weighted by Gasteiger charge is 2.29. The van der Waals surface area contributed by atoms with Gasteiger partial charge in [-0.15, -0.1) is 0 Å². The van der Waals surface area contributed by atoms with Crippen LogP contribution in [0.3, 0.4) is 0 Å². The third-order valence-electron chi connectivity index (χ3n) is 4.26. The SMILES string of the molecule is CCC1CCN(CCC(N)(C#N)c2ccccc2)C1. The van der Waals surface area contributed by atoms with Crippen molar-refractivity contribution in [2.24, 2.45) is 11.7 Å². The van der Waals surface area contributed by atoms with Crippen LogP contribution in [0.4, 0.5) is 0 Å². The third-order valence-corrected chi connectivity index (χ3v) is 4.26. The van der Waals surface area contributed by atoms with Crippen LogP contribution < -0.4 is 5.73 Å². The first-order valence-electron chi connectivity index (χ1n) is 7.16. The monoisotopic (exact) mass is 257 g/mol. The van der Waals surface area contributed by atoms with Crippen LogP contribution in [-0.2, 0) is 5.54 Å². The zero-order valence-electron chi connectivity index (χ0n) is 11.7. The third kappa shape index (κ3) is 3.34. The smallest absolute Gasteiger partial charge is 0.131 e. The van der Waals surface area contributed by atoms with Gasteiger partial charge in [0.2, 0.25) is 0 Å². The van der Waals surface area contributed by atoms with Gasteiger partial charge in [-0.3, -0.25) is 0 Å². The number of nitrogens with two attached hydrogens (primary N) is 1. The van der Waals surface area contributed by atoms with Crippen molar-refractivity contribution in [3.63, 3.8) is 0 Å². The molecule has 0 radical (unpaired) electrons. The van der Waals surface area contributed by atoms with Crippen molar-refractivity contribution in [1.29, 1.82) is 5.26 Å². The fourth-order valence-electron chi connectivity index (χ4n) is 2.78. The van der Waals surface area contributed by atoms with E-state index in [1.807, 2.05) is 30.3 Å². The standard InChI is InChI=1S/C16H23N3/c1-2-14-8-10-19(12-14)11-9-16(18,13-17)15-6-4-3-5-7-15/h3-7,14H,2,8-12,18H2,1H3. The van der Waals surface area contributed by atoms with E-state index in [0.717, 1.165) is 31.1 Å². The van der Waals surface area contributed by atoms with Crippen LogP contribution in [0.15, 0.2) is 30.3 Å². The highest BCUT2D eigenvalue weighted by molar-refractivity contribution is 5.30. The van der Waals surface area contributed by atoms with Gasteiger partial charge >= 0.3 is 0 Å². The molecular formula is C16H23N3. The average molecular weight is 257 g/mol. The van der Waals surface area contributed by atoms with E-state index in [2.05, 4.69) is 17.9 Å². The first kappa shape index (κ1) is 14.0. The van der Waals surface area contributed by atoms with Crippen LogP contribution in [0.2, 0.25) is 0 Å². The molecular weight excluding hydrogens is 234 g/mol. The van der Waals surface area contributed by atoms with Crippen molar-refractivity contribution >= 4 is 0 Å². The minimum Gasteiger partial charge on any atom is -0.310 e. The molecule has 1 fully saturated rings. The van der Waals surface area contributed by atoms with E-state index in [1.54, 1.807) is 0 Å². The molecule has 0 bridgehead atoms. The predicted molar refractivity (Wildman–Crippen MR) is 77.4 cm³/mol. The van der Waals surface area contributed by atoms with E-state index in [4.69, 9.17) is 5.73 Å². The van der Waals surface area contributed by atoms with Gasteiger partial charge in [0.15, 0.2) is 0 Å².